The highest BCUT2D eigenvalue weighted by Gasteiger charge is 2.22. The van der Waals surface area contributed by atoms with Crippen molar-refractivity contribution in [2.45, 2.75) is 47.1 Å². The number of carbonyl (C=O) groups excluding carboxylic acids is 2. The predicted molar refractivity (Wildman–Crippen MR) is 96.5 cm³/mol. The number of fused-ring (bicyclic) bond motifs is 1. The normalized spacial score (nSPS) is 10.9. The minimum Gasteiger partial charge on any atom is -0.462 e. The number of benzene rings is 1. The zero-order valence-electron chi connectivity index (χ0n) is 14.4. The molecule has 1 aromatic carbocycles. The first-order valence-electron chi connectivity index (χ1n) is 8.08. The van der Waals surface area contributed by atoms with Gasteiger partial charge in [-0.1, -0.05) is 13.3 Å². The van der Waals surface area contributed by atoms with Crippen LogP contribution in [0.15, 0.2) is 16.6 Å². The second-order valence-electron chi connectivity index (χ2n) is 5.58. The van der Waals surface area contributed by atoms with Crippen molar-refractivity contribution in [2.24, 2.45) is 0 Å². The van der Waals surface area contributed by atoms with Crippen LogP contribution >= 0.6 is 15.9 Å². The fourth-order valence-corrected chi connectivity index (χ4v) is 3.19. The number of halogens is 1. The summed E-state index contributed by atoms with van der Waals surface area (Å²) in [6.07, 6.45) is 2.07. The van der Waals surface area contributed by atoms with E-state index in [1.165, 1.54) is 6.92 Å². The molecule has 0 saturated carbocycles. The van der Waals surface area contributed by atoms with Crippen molar-refractivity contribution in [1.82, 2.24) is 4.57 Å². The summed E-state index contributed by atoms with van der Waals surface area (Å²) in [6.45, 7) is 8.30. The maximum absolute atomic E-state index is 12.4. The third-order valence-corrected chi connectivity index (χ3v) is 4.47. The molecule has 0 saturated heterocycles. The van der Waals surface area contributed by atoms with Crippen LogP contribution in [0.25, 0.3) is 10.9 Å². The lowest BCUT2D eigenvalue weighted by Gasteiger charge is -2.09. The summed E-state index contributed by atoms with van der Waals surface area (Å²) in [7, 11) is 0. The number of hydrogen-bond acceptors (Lipinski definition) is 4. The molecule has 0 fully saturated rings. The highest BCUT2D eigenvalue weighted by Crippen LogP contribution is 2.35. The monoisotopic (exact) mass is 395 g/mol. The number of hydrogen-bond donors (Lipinski definition) is 0. The fraction of sp³-hybridized carbons (Fsp3) is 0.444. The number of rotatable bonds is 6. The lowest BCUT2D eigenvalue weighted by Crippen LogP contribution is -2.07. The molecule has 0 aliphatic heterocycles. The lowest BCUT2D eigenvalue weighted by molar-refractivity contribution is -0.131. The minimum atomic E-state index is -0.408. The van der Waals surface area contributed by atoms with Gasteiger partial charge in [0.05, 0.1) is 22.2 Å². The van der Waals surface area contributed by atoms with Crippen LogP contribution in [0.4, 0.5) is 0 Å². The van der Waals surface area contributed by atoms with Gasteiger partial charge in [0.15, 0.2) is 0 Å². The molecule has 24 heavy (non-hydrogen) atoms. The van der Waals surface area contributed by atoms with Crippen LogP contribution in [0.2, 0.25) is 0 Å². The Kier molecular flexibility index (Phi) is 6.04. The Balaban J connectivity index is 2.69. The Morgan fingerprint density at radius 3 is 2.54 bits per heavy atom. The van der Waals surface area contributed by atoms with E-state index in [1.807, 2.05) is 13.0 Å². The average Bonchev–Trinajstić information content (AvgIpc) is 2.76. The second kappa shape index (κ2) is 7.83. The van der Waals surface area contributed by atoms with Gasteiger partial charge in [-0.3, -0.25) is 4.79 Å². The van der Waals surface area contributed by atoms with Crippen molar-refractivity contribution in [3.05, 3.63) is 27.9 Å². The molecule has 2 rings (SSSR count). The summed E-state index contributed by atoms with van der Waals surface area (Å²) in [6, 6.07) is 3.61. The van der Waals surface area contributed by atoms with Crippen LogP contribution in [0.1, 0.15) is 49.7 Å². The van der Waals surface area contributed by atoms with Gasteiger partial charge in [-0.05, 0) is 48.3 Å². The Morgan fingerprint density at radius 1 is 1.25 bits per heavy atom. The quantitative estimate of drug-likeness (QED) is 0.528. The van der Waals surface area contributed by atoms with Gasteiger partial charge in [0, 0.05) is 24.5 Å². The highest BCUT2D eigenvalue weighted by atomic mass is 79.9. The predicted octanol–water partition coefficient (Wildman–Crippen LogP) is 4.61. The van der Waals surface area contributed by atoms with Gasteiger partial charge >= 0.3 is 11.9 Å². The molecule has 0 spiro atoms. The van der Waals surface area contributed by atoms with Crippen molar-refractivity contribution >= 4 is 38.8 Å². The average molecular weight is 396 g/mol. The molecule has 0 atom stereocenters. The second-order valence-corrected chi connectivity index (χ2v) is 6.43. The molecule has 0 aliphatic carbocycles. The topological polar surface area (TPSA) is 57.5 Å². The zero-order chi connectivity index (χ0) is 17.9. The van der Waals surface area contributed by atoms with Gasteiger partial charge in [0.2, 0.25) is 0 Å². The van der Waals surface area contributed by atoms with Gasteiger partial charge in [-0.15, -0.1) is 0 Å². The molecule has 1 aromatic heterocycles. The molecule has 0 bridgehead atoms. The summed E-state index contributed by atoms with van der Waals surface area (Å²) in [5.41, 5.74) is 2.32. The summed E-state index contributed by atoms with van der Waals surface area (Å²) < 4.78 is 13.2. The Bertz CT molecular complexity index is 779. The van der Waals surface area contributed by atoms with Crippen molar-refractivity contribution in [3.8, 4) is 5.75 Å². The molecule has 0 N–H and O–H groups in total. The lowest BCUT2D eigenvalue weighted by atomic mass is 10.1. The third kappa shape index (κ3) is 3.64. The van der Waals surface area contributed by atoms with Gasteiger partial charge in [0.25, 0.3) is 0 Å². The Hall–Kier alpha value is -1.82. The summed E-state index contributed by atoms with van der Waals surface area (Å²) >= 11 is 3.44. The molecule has 130 valence electrons. The van der Waals surface area contributed by atoms with Crippen molar-refractivity contribution in [2.75, 3.05) is 6.61 Å². The molecular weight excluding hydrogens is 374 g/mol. The number of carbonyl (C=O) groups is 2. The standard InChI is InChI=1S/C18H22BrNO4/c1-5-7-8-20-11(3)17(18(22)23-6-2)13-9-16(24-12(4)21)14(19)10-15(13)20/h9-10H,5-8H2,1-4H3. The van der Waals surface area contributed by atoms with Crippen LogP contribution in [-0.2, 0) is 16.1 Å². The summed E-state index contributed by atoms with van der Waals surface area (Å²) in [5.74, 6) is -0.366. The molecule has 0 amide bonds. The van der Waals surface area contributed by atoms with E-state index < -0.39 is 5.97 Å². The number of aromatic nitrogens is 1. The van der Waals surface area contributed by atoms with Crippen LogP contribution in [0.3, 0.4) is 0 Å². The van der Waals surface area contributed by atoms with Crippen LogP contribution in [-0.4, -0.2) is 23.1 Å². The molecule has 6 heteroatoms. The number of nitrogens with zero attached hydrogens (tertiary/aromatic N) is 1. The minimum absolute atomic E-state index is 0.313. The molecular formula is C18H22BrNO4. The van der Waals surface area contributed by atoms with Gasteiger partial charge < -0.3 is 14.0 Å². The van der Waals surface area contributed by atoms with E-state index in [1.54, 1.807) is 13.0 Å². The highest BCUT2D eigenvalue weighted by molar-refractivity contribution is 9.10. The fourth-order valence-electron chi connectivity index (χ4n) is 2.78. The number of aryl methyl sites for hydroxylation is 1. The largest absolute Gasteiger partial charge is 0.462 e. The first-order valence-corrected chi connectivity index (χ1v) is 8.87. The van der Waals surface area contributed by atoms with Crippen LogP contribution in [0, 0.1) is 6.92 Å². The van der Waals surface area contributed by atoms with E-state index in [4.69, 9.17) is 9.47 Å². The van der Waals surface area contributed by atoms with Gasteiger partial charge in [-0.25, -0.2) is 4.79 Å². The van der Waals surface area contributed by atoms with Crippen molar-refractivity contribution < 1.29 is 19.1 Å². The molecule has 1 heterocycles. The third-order valence-electron chi connectivity index (χ3n) is 3.85. The SMILES string of the molecule is CCCCn1c(C)c(C(=O)OCC)c2cc(OC(C)=O)c(Br)cc21. The maximum Gasteiger partial charge on any atom is 0.340 e. The number of unbranched alkanes of at least 4 members (excludes halogenated alkanes) is 1. The number of ether oxygens (including phenoxy) is 2. The van der Waals surface area contributed by atoms with E-state index >= 15 is 0 Å². The van der Waals surface area contributed by atoms with E-state index in [-0.39, 0.29) is 5.97 Å². The first-order chi connectivity index (χ1) is 11.4. The van der Waals surface area contributed by atoms with Crippen LogP contribution < -0.4 is 4.74 Å². The summed E-state index contributed by atoms with van der Waals surface area (Å²) in [4.78, 5) is 23.7. The molecule has 0 radical (unpaired) electrons. The van der Waals surface area contributed by atoms with E-state index in [9.17, 15) is 9.59 Å². The summed E-state index contributed by atoms with van der Waals surface area (Å²) in [5, 5.41) is 0.738. The van der Waals surface area contributed by atoms with E-state index in [0.29, 0.717) is 22.4 Å². The van der Waals surface area contributed by atoms with Crippen molar-refractivity contribution in [1.29, 1.82) is 0 Å². The van der Waals surface area contributed by atoms with Crippen LogP contribution in [0.5, 0.6) is 5.75 Å². The first kappa shape index (κ1) is 18.5. The Morgan fingerprint density at radius 2 is 1.96 bits per heavy atom. The van der Waals surface area contributed by atoms with E-state index in [0.717, 1.165) is 36.0 Å². The van der Waals surface area contributed by atoms with Gasteiger partial charge in [0.1, 0.15) is 5.75 Å². The maximum atomic E-state index is 12.4. The smallest absolute Gasteiger partial charge is 0.340 e. The van der Waals surface area contributed by atoms with E-state index in [2.05, 4.69) is 27.4 Å². The molecule has 2 aromatic rings. The van der Waals surface area contributed by atoms with Crippen molar-refractivity contribution in [3.63, 3.8) is 0 Å². The Labute approximate surface area is 150 Å². The number of esters is 2. The molecule has 0 aliphatic rings. The molecule has 0 unspecified atom stereocenters. The molecule has 5 nitrogen and oxygen atoms in total. The van der Waals surface area contributed by atoms with Gasteiger partial charge in [-0.2, -0.15) is 0 Å². The zero-order valence-corrected chi connectivity index (χ0v) is 16.0.